The van der Waals surface area contributed by atoms with Crippen molar-refractivity contribution < 1.29 is 9.90 Å². The Labute approximate surface area is 116 Å². The van der Waals surface area contributed by atoms with Gasteiger partial charge in [-0.25, -0.2) is 4.79 Å². The summed E-state index contributed by atoms with van der Waals surface area (Å²) < 4.78 is 0. The molecule has 0 bridgehead atoms. The first-order chi connectivity index (χ1) is 9.06. The number of carboxylic acids is 1. The van der Waals surface area contributed by atoms with Crippen LogP contribution in [-0.2, 0) is 6.54 Å². The topological polar surface area (TPSA) is 49.3 Å². The van der Waals surface area contributed by atoms with Gasteiger partial charge in [-0.3, -0.25) is 0 Å². The van der Waals surface area contributed by atoms with Crippen LogP contribution in [0.2, 0.25) is 5.02 Å². The molecule has 0 unspecified atom stereocenters. The minimum Gasteiger partial charge on any atom is -0.478 e. The molecule has 0 aliphatic rings. The quantitative estimate of drug-likeness (QED) is 0.888. The number of aromatic carboxylic acids is 1. The molecule has 2 rings (SSSR count). The fourth-order valence-electron chi connectivity index (χ4n) is 1.73. The molecule has 0 radical (unpaired) electrons. The summed E-state index contributed by atoms with van der Waals surface area (Å²) in [5.41, 5.74) is 3.27. The lowest BCUT2D eigenvalue weighted by molar-refractivity contribution is 0.0697. The zero-order valence-corrected chi connectivity index (χ0v) is 11.2. The molecule has 0 saturated carbocycles. The second-order valence-electron chi connectivity index (χ2n) is 4.34. The molecule has 0 atom stereocenters. The Bertz CT molecular complexity index is 594. The number of carbonyl (C=O) groups is 1. The van der Waals surface area contributed by atoms with E-state index in [0.717, 1.165) is 16.8 Å². The van der Waals surface area contributed by atoms with Gasteiger partial charge in [0.25, 0.3) is 0 Å². The Morgan fingerprint density at radius 3 is 2.47 bits per heavy atom. The van der Waals surface area contributed by atoms with Crippen LogP contribution in [0.1, 0.15) is 21.5 Å². The first kappa shape index (κ1) is 13.4. The van der Waals surface area contributed by atoms with Crippen molar-refractivity contribution in [2.75, 3.05) is 5.32 Å². The maximum atomic E-state index is 10.7. The first-order valence-corrected chi connectivity index (χ1v) is 6.26. The van der Waals surface area contributed by atoms with E-state index < -0.39 is 5.97 Å². The molecule has 2 N–H and O–H groups in total. The normalized spacial score (nSPS) is 10.2. The summed E-state index contributed by atoms with van der Waals surface area (Å²) in [6.07, 6.45) is 0. The van der Waals surface area contributed by atoms with Crippen molar-refractivity contribution in [3.63, 3.8) is 0 Å². The lowest BCUT2D eigenvalue weighted by Crippen LogP contribution is -2.01. The number of rotatable bonds is 4. The van der Waals surface area contributed by atoms with Crippen molar-refractivity contribution >= 4 is 23.3 Å². The van der Waals surface area contributed by atoms with Gasteiger partial charge in [0, 0.05) is 6.54 Å². The van der Waals surface area contributed by atoms with Crippen LogP contribution in [0.15, 0.2) is 42.5 Å². The van der Waals surface area contributed by atoms with Crippen LogP contribution < -0.4 is 5.32 Å². The summed E-state index contributed by atoms with van der Waals surface area (Å²) in [5, 5.41) is 12.7. The van der Waals surface area contributed by atoms with E-state index in [-0.39, 0.29) is 5.56 Å². The number of carboxylic acid groups (broad SMARTS) is 1. The highest BCUT2D eigenvalue weighted by Gasteiger charge is 2.03. The third-order valence-corrected chi connectivity index (χ3v) is 3.12. The highest BCUT2D eigenvalue weighted by molar-refractivity contribution is 6.33. The largest absolute Gasteiger partial charge is 0.478 e. The molecule has 2 aromatic rings. The lowest BCUT2D eigenvalue weighted by atomic mass is 10.1. The molecule has 0 spiro atoms. The van der Waals surface area contributed by atoms with Gasteiger partial charge < -0.3 is 10.4 Å². The molecule has 0 fully saturated rings. The second-order valence-corrected chi connectivity index (χ2v) is 4.75. The van der Waals surface area contributed by atoms with Crippen LogP contribution in [0.25, 0.3) is 0 Å². The average molecular weight is 276 g/mol. The molecule has 98 valence electrons. The molecule has 4 heteroatoms. The van der Waals surface area contributed by atoms with Crippen LogP contribution >= 0.6 is 11.6 Å². The Balaban J connectivity index is 2.04. The Hall–Kier alpha value is -2.00. The molecule has 0 heterocycles. The maximum Gasteiger partial charge on any atom is 0.335 e. The van der Waals surface area contributed by atoms with Crippen LogP contribution in [0.5, 0.6) is 0 Å². The third-order valence-electron chi connectivity index (χ3n) is 2.81. The Morgan fingerprint density at radius 2 is 1.89 bits per heavy atom. The molecule has 0 aliphatic heterocycles. The minimum absolute atomic E-state index is 0.289. The van der Waals surface area contributed by atoms with E-state index in [4.69, 9.17) is 16.7 Å². The van der Waals surface area contributed by atoms with Crippen molar-refractivity contribution in [3.8, 4) is 0 Å². The van der Waals surface area contributed by atoms with Crippen molar-refractivity contribution in [2.24, 2.45) is 0 Å². The predicted octanol–water partition coefficient (Wildman–Crippen LogP) is 3.96. The standard InChI is InChI=1S/C15H14ClNO2/c1-10-2-7-14(13(16)8-10)17-9-11-3-5-12(6-4-11)15(18)19/h2-8,17H,9H2,1H3,(H,18,19). The lowest BCUT2D eigenvalue weighted by Gasteiger charge is -2.09. The van der Waals surface area contributed by atoms with Gasteiger partial charge in [-0.05, 0) is 42.3 Å². The number of halogens is 1. The predicted molar refractivity (Wildman–Crippen MR) is 76.9 cm³/mol. The van der Waals surface area contributed by atoms with Gasteiger partial charge in [0.15, 0.2) is 0 Å². The molecule has 0 saturated heterocycles. The van der Waals surface area contributed by atoms with Crippen LogP contribution in [0.4, 0.5) is 5.69 Å². The van der Waals surface area contributed by atoms with Crippen molar-refractivity contribution in [1.82, 2.24) is 0 Å². The number of aryl methyl sites for hydroxylation is 1. The van der Waals surface area contributed by atoms with E-state index in [1.807, 2.05) is 25.1 Å². The molecule has 19 heavy (non-hydrogen) atoms. The zero-order valence-electron chi connectivity index (χ0n) is 10.5. The van der Waals surface area contributed by atoms with Gasteiger partial charge in [-0.15, -0.1) is 0 Å². The van der Waals surface area contributed by atoms with Gasteiger partial charge in [0.05, 0.1) is 16.3 Å². The van der Waals surface area contributed by atoms with Crippen molar-refractivity contribution in [3.05, 3.63) is 64.2 Å². The van der Waals surface area contributed by atoms with Crippen LogP contribution in [0, 0.1) is 6.92 Å². The van der Waals surface area contributed by atoms with E-state index >= 15 is 0 Å². The fourth-order valence-corrected chi connectivity index (χ4v) is 2.03. The van der Waals surface area contributed by atoms with Gasteiger partial charge in [0.2, 0.25) is 0 Å². The number of anilines is 1. The molecule has 3 nitrogen and oxygen atoms in total. The van der Waals surface area contributed by atoms with Crippen molar-refractivity contribution in [1.29, 1.82) is 0 Å². The first-order valence-electron chi connectivity index (χ1n) is 5.88. The van der Waals surface area contributed by atoms with Gasteiger partial charge in [0.1, 0.15) is 0 Å². The molecular formula is C15H14ClNO2. The van der Waals surface area contributed by atoms with E-state index in [1.165, 1.54) is 0 Å². The molecular weight excluding hydrogens is 262 g/mol. The monoisotopic (exact) mass is 275 g/mol. The third kappa shape index (κ3) is 3.48. The Kier molecular flexibility index (Phi) is 4.07. The van der Waals surface area contributed by atoms with Crippen molar-refractivity contribution in [2.45, 2.75) is 13.5 Å². The summed E-state index contributed by atoms with van der Waals surface area (Å²) in [7, 11) is 0. The number of hydrogen-bond acceptors (Lipinski definition) is 2. The maximum absolute atomic E-state index is 10.7. The van der Waals surface area contributed by atoms with Gasteiger partial charge in [-0.2, -0.15) is 0 Å². The minimum atomic E-state index is -0.916. The zero-order chi connectivity index (χ0) is 13.8. The summed E-state index contributed by atoms with van der Waals surface area (Å²) in [6.45, 7) is 2.59. The molecule has 0 aliphatic carbocycles. The second kappa shape index (κ2) is 5.76. The summed E-state index contributed by atoms with van der Waals surface area (Å²) >= 11 is 6.12. The van der Waals surface area contributed by atoms with Gasteiger partial charge in [-0.1, -0.05) is 29.8 Å². The summed E-state index contributed by atoms with van der Waals surface area (Å²) in [4.78, 5) is 10.7. The fraction of sp³-hybridized carbons (Fsp3) is 0.133. The number of hydrogen-bond donors (Lipinski definition) is 2. The highest BCUT2D eigenvalue weighted by atomic mass is 35.5. The SMILES string of the molecule is Cc1ccc(NCc2ccc(C(=O)O)cc2)c(Cl)c1. The Morgan fingerprint density at radius 1 is 1.21 bits per heavy atom. The van der Waals surface area contributed by atoms with Gasteiger partial charge >= 0.3 is 5.97 Å². The molecule has 2 aromatic carbocycles. The van der Waals surface area contributed by atoms with E-state index in [2.05, 4.69) is 5.32 Å². The summed E-state index contributed by atoms with van der Waals surface area (Å²) in [6, 6.07) is 12.6. The van der Waals surface area contributed by atoms with E-state index in [1.54, 1.807) is 24.3 Å². The van der Waals surface area contributed by atoms with Crippen LogP contribution in [0.3, 0.4) is 0 Å². The highest BCUT2D eigenvalue weighted by Crippen LogP contribution is 2.23. The van der Waals surface area contributed by atoms with E-state index in [9.17, 15) is 4.79 Å². The number of benzene rings is 2. The number of nitrogens with one attached hydrogen (secondary N) is 1. The average Bonchev–Trinajstić information content (AvgIpc) is 2.38. The summed E-state index contributed by atoms with van der Waals surface area (Å²) in [5.74, 6) is -0.916. The molecule has 0 amide bonds. The van der Waals surface area contributed by atoms with E-state index in [0.29, 0.717) is 11.6 Å². The molecule has 0 aromatic heterocycles. The van der Waals surface area contributed by atoms with Crippen LogP contribution in [-0.4, -0.2) is 11.1 Å². The smallest absolute Gasteiger partial charge is 0.335 e.